The van der Waals surface area contributed by atoms with Crippen molar-refractivity contribution < 1.29 is 8.42 Å². The molecule has 0 aromatic carbocycles. The Morgan fingerprint density at radius 2 is 2.12 bits per heavy atom. The van der Waals surface area contributed by atoms with Gasteiger partial charge in [-0.15, -0.1) is 0 Å². The van der Waals surface area contributed by atoms with Crippen LogP contribution in [0.5, 0.6) is 0 Å². The van der Waals surface area contributed by atoms with E-state index in [4.69, 9.17) is 0 Å². The van der Waals surface area contributed by atoms with Crippen molar-refractivity contribution in [1.29, 1.82) is 0 Å². The number of hydrogen-bond donors (Lipinski definition) is 0. The highest BCUT2D eigenvalue weighted by atomic mass is 79.9. The third-order valence-electron chi connectivity index (χ3n) is 0.718. The van der Waals surface area contributed by atoms with Crippen LogP contribution in [-0.4, -0.2) is 14.2 Å². The van der Waals surface area contributed by atoms with Gasteiger partial charge in [-0.05, 0) is 15.9 Å². The van der Waals surface area contributed by atoms with Crippen LogP contribution < -0.4 is 0 Å². The zero-order valence-corrected chi connectivity index (χ0v) is 6.92. The van der Waals surface area contributed by atoms with Crippen LogP contribution in [0.3, 0.4) is 0 Å². The van der Waals surface area contributed by atoms with Crippen molar-refractivity contribution in [3.63, 3.8) is 0 Å². The monoisotopic (exact) mass is 198 g/mol. The lowest BCUT2D eigenvalue weighted by Crippen LogP contribution is -2.00. The van der Waals surface area contributed by atoms with Crippen molar-refractivity contribution in [3.05, 3.63) is 10.4 Å². The Morgan fingerprint density at radius 3 is 2.12 bits per heavy atom. The topological polar surface area (TPSA) is 34.1 Å². The molecular formula is C4H7BrO2S. The maximum atomic E-state index is 10.6. The maximum Gasteiger partial charge on any atom is 0.184 e. The lowest BCUT2D eigenvalue weighted by atomic mass is 11.0. The predicted molar refractivity (Wildman–Crippen MR) is 37.5 cm³/mol. The van der Waals surface area contributed by atoms with Crippen LogP contribution in [0, 0.1) is 0 Å². The number of rotatable bonds is 2. The molecular weight excluding hydrogens is 192 g/mol. The van der Waals surface area contributed by atoms with Crippen molar-refractivity contribution in [3.8, 4) is 0 Å². The van der Waals surface area contributed by atoms with E-state index in [9.17, 15) is 8.42 Å². The van der Waals surface area contributed by atoms with Crippen LogP contribution >= 0.6 is 15.9 Å². The van der Waals surface area contributed by atoms with Gasteiger partial charge in [0.25, 0.3) is 0 Å². The van der Waals surface area contributed by atoms with E-state index >= 15 is 0 Å². The first-order valence-corrected chi connectivity index (χ1v) is 4.52. The van der Waals surface area contributed by atoms with Crippen molar-refractivity contribution in [1.82, 2.24) is 0 Å². The fourth-order valence-corrected chi connectivity index (χ4v) is 1.16. The summed E-state index contributed by atoms with van der Waals surface area (Å²) >= 11 is 2.77. The molecule has 0 aromatic rings. The van der Waals surface area contributed by atoms with Crippen LogP contribution in [0.25, 0.3) is 0 Å². The Bertz CT molecular complexity index is 180. The summed E-state index contributed by atoms with van der Waals surface area (Å²) in [5.74, 6) is 0.108. The second-order valence-electron chi connectivity index (χ2n) is 1.26. The molecule has 0 heterocycles. The van der Waals surface area contributed by atoms with Gasteiger partial charge < -0.3 is 0 Å². The van der Waals surface area contributed by atoms with Gasteiger partial charge in [0.2, 0.25) is 0 Å². The minimum absolute atomic E-state index is 0.0625. The molecule has 4 heteroatoms. The average Bonchev–Trinajstić information content (AvgIpc) is 1.67. The Hall–Kier alpha value is 0.170. The molecule has 0 aliphatic heterocycles. The fraction of sp³-hybridized carbons (Fsp3) is 0.500. The van der Waals surface area contributed by atoms with E-state index in [1.807, 2.05) is 0 Å². The molecule has 0 rings (SSSR count). The van der Waals surface area contributed by atoms with E-state index in [0.717, 1.165) is 0 Å². The summed E-state index contributed by atoms with van der Waals surface area (Å²) in [6, 6.07) is 0. The molecule has 8 heavy (non-hydrogen) atoms. The Labute approximate surface area is 57.6 Å². The molecule has 0 aromatic heterocycles. The molecule has 0 fully saturated rings. The van der Waals surface area contributed by atoms with E-state index in [1.165, 1.54) is 0 Å². The standard InChI is InChI=1S/C4H7BrO2S/c1-3-8(6,7)4(2)5/h2-3H2,1H3. The van der Waals surface area contributed by atoms with Crippen LogP contribution in [0.2, 0.25) is 0 Å². The molecule has 0 saturated carbocycles. The van der Waals surface area contributed by atoms with E-state index in [-0.39, 0.29) is 9.57 Å². The average molecular weight is 199 g/mol. The van der Waals surface area contributed by atoms with Gasteiger partial charge in [-0.1, -0.05) is 13.5 Å². The van der Waals surface area contributed by atoms with Crippen LogP contribution in [0.4, 0.5) is 0 Å². The first-order valence-electron chi connectivity index (χ1n) is 2.08. The predicted octanol–water partition coefficient (Wildman–Crippen LogP) is 1.29. The SMILES string of the molecule is C=C(Br)S(=O)(=O)CC. The van der Waals surface area contributed by atoms with E-state index in [2.05, 4.69) is 22.5 Å². The highest BCUT2D eigenvalue weighted by Gasteiger charge is 2.07. The minimum Gasteiger partial charge on any atom is -0.223 e. The van der Waals surface area contributed by atoms with Gasteiger partial charge in [0.15, 0.2) is 9.84 Å². The smallest absolute Gasteiger partial charge is 0.184 e. The molecule has 0 amide bonds. The van der Waals surface area contributed by atoms with Gasteiger partial charge in [-0.3, -0.25) is 0 Å². The highest BCUT2D eigenvalue weighted by Crippen LogP contribution is 2.10. The summed E-state index contributed by atoms with van der Waals surface area (Å²) in [7, 11) is -3.01. The van der Waals surface area contributed by atoms with Gasteiger partial charge >= 0.3 is 0 Å². The summed E-state index contributed by atoms with van der Waals surface area (Å²) in [5.41, 5.74) is 0. The van der Waals surface area contributed by atoms with Crippen molar-refractivity contribution in [2.75, 3.05) is 5.75 Å². The third-order valence-corrected chi connectivity index (χ3v) is 3.63. The number of hydrogen-bond acceptors (Lipinski definition) is 2. The lowest BCUT2D eigenvalue weighted by molar-refractivity contribution is 0.605. The van der Waals surface area contributed by atoms with Crippen molar-refractivity contribution in [2.24, 2.45) is 0 Å². The largest absolute Gasteiger partial charge is 0.223 e. The van der Waals surface area contributed by atoms with Gasteiger partial charge in [0, 0.05) is 0 Å². The highest BCUT2D eigenvalue weighted by molar-refractivity contribution is 9.13. The third kappa shape index (κ3) is 1.96. The first kappa shape index (κ1) is 8.17. The first-order chi connectivity index (χ1) is 3.50. The van der Waals surface area contributed by atoms with Gasteiger partial charge in [-0.2, -0.15) is 0 Å². The lowest BCUT2D eigenvalue weighted by Gasteiger charge is -1.92. The van der Waals surface area contributed by atoms with Crippen LogP contribution in [0.1, 0.15) is 6.92 Å². The van der Waals surface area contributed by atoms with Gasteiger partial charge in [0.1, 0.15) is 3.81 Å². The van der Waals surface area contributed by atoms with Crippen LogP contribution in [0.15, 0.2) is 10.4 Å². The Morgan fingerprint density at radius 1 is 1.75 bits per heavy atom. The Balaban J connectivity index is 4.42. The molecule has 0 unspecified atom stereocenters. The molecule has 0 saturated heterocycles. The molecule has 0 spiro atoms. The van der Waals surface area contributed by atoms with E-state index in [1.54, 1.807) is 6.92 Å². The molecule has 48 valence electrons. The second-order valence-corrected chi connectivity index (χ2v) is 5.04. The number of halogens is 1. The summed E-state index contributed by atoms with van der Waals surface area (Å²) in [6.07, 6.45) is 0. The van der Waals surface area contributed by atoms with Gasteiger partial charge in [0.05, 0.1) is 5.75 Å². The van der Waals surface area contributed by atoms with E-state index < -0.39 is 9.84 Å². The quantitative estimate of drug-likeness (QED) is 0.671. The summed E-state index contributed by atoms with van der Waals surface area (Å²) in [6.45, 7) is 4.80. The Kier molecular flexibility index (Phi) is 2.70. The van der Waals surface area contributed by atoms with Crippen molar-refractivity contribution in [2.45, 2.75) is 6.92 Å². The zero-order valence-electron chi connectivity index (χ0n) is 4.52. The molecule has 0 aliphatic rings. The zero-order chi connectivity index (χ0) is 6.78. The minimum atomic E-state index is -3.01. The summed E-state index contributed by atoms with van der Waals surface area (Å²) in [5, 5.41) is 0. The number of sulfone groups is 1. The fourth-order valence-electron chi connectivity index (χ4n) is 0.157. The summed E-state index contributed by atoms with van der Waals surface area (Å²) in [4.78, 5) is 0. The molecule has 2 nitrogen and oxygen atoms in total. The molecule has 0 atom stereocenters. The van der Waals surface area contributed by atoms with Crippen molar-refractivity contribution >= 4 is 25.8 Å². The van der Waals surface area contributed by atoms with Crippen LogP contribution in [-0.2, 0) is 9.84 Å². The molecule has 0 aliphatic carbocycles. The van der Waals surface area contributed by atoms with E-state index in [0.29, 0.717) is 0 Å². The molecule has 0 bridgehead atoms. The summed E-state index contributed by atoms with van der Waals surface area (Å²) < 4.78 is 21.2. The molecule has 0 N–H and O–H groups in total. The molecule has 0 radical (unpaired) electrons. The maximum absolute atomic E-state index is 10.6. The van der Waals surface area contributed by atoms with Gasteiger partial charge in [-0.25, -0.2) is 8.42 Å². The second kappa shape index (κ2) is 2.64. The normalized spacial score (nSPS) is 11.2.